The lowest BCUT2D eigenvalue weighted by Gasteiger charge is -2.35. The number of carbonyl (C=O) groups is 1. The van der Waals surface area contributed by atoms with Gasteiger partial charge in [-0.25, -0.2) is 0 Å². The number of hydrogen-bond donors (Lipinski definition) is 1. The predicted octanol–water partition coefficient (Wildman–Crippen LogP) is 2.37. The van der Waals surface area contributed by atoms with Crippen LogP contribution in [0, 0.1) is 5.92 Å². The lowest BCUT2D eigenvalue weighted by atomic mass is 10.1. The Morgan fingerprint density at radius 2 is 1.89 bits per heavy atom. The molecule has 27 heavy (non-hydrogen) atoms. The van der Waals surface area contributed by atoms with Gasteiger partial charge in [0.1, 0.15) is 5.75 Å². The molecular formula is C21H27N3O3. The monoisotopic (exact) mass is 369 g/mol. The average molecular weight is 369 g/mol. The number of ether oxygens (including phenoxy) is 1. The normalized spacial score (nSPS) is 18.9. The summed E-state index contributed by atoms with van der Waals surface area (Å²) in [6.07, 6.45) is 4.48. The van der Waals surface area contributed by atoms with Gasteiger partial charge in [-0.3, -0.25) is 14.5 Å². The average Bonchev–Trinajstić information content (AvgIpc) is 3.23. The van der Waals surface area contributed by atoms with Crippen LogP contribution in [0.1, 0.15) is 31.2 Å². The maximum Gasteiger partial charge on any atom is 0.252 e. The van der Waals surface area contributed by atoms with Crippen molar-refractivity contribution in [1.82, 2.24) is 14.8 Å². The van der Waals surface area contributed by atoms with Crippen LogP contribution in [0.5, 0.6) is 5.75 Å². The Morgan fingerprint density at radius 1 is 1.15 bits per heavy atom. The summed E-state index contributed by atoms with van der Waals surface area (Å²) in [4.78, 5) is 32.3. The molecular weight excluding hydrogens is 342 g/mol. The van der Waals surface area contributed by atoms with Crippen molar-refractivity contribution >= 4 is 16.8 Å². The molecule has 2 fully saturated rings. The van der Waals surface area contributed by atoms with Crippen molar-refractivity contribution in [1.29, 1.82) is 0 Å². The van der Waals surface area contributed by atoms with Crippen LogP contribution in [0.3, 0.4) is 0 Å². The maximum atomic E-state index is 12.6. The summed E-state index contributed by atoms with van der Waals surface area (Å²) in [7, 11) is 1.62. The zero-order valence-corrected chi connectivity index (χ0v) is 15.9. The first-order valence-electron chi connectivity index (χ1n) is 9.85. The van der Waals surface area contributed by atoms with Gasteiger partial charge in [0.15, 0.2) is 0 Å². The number of carbonyl (C=O) groups excluding carboxylic acids is 1. The van der Waals surface area contributed by atoms with Crippen molar-refractivity contribution in [2.75, 3.05) is 33.3 Å². The van der Waals surface area contributed by atoms with E-state index in [1.54, 1.807) is 7.11 Å². The zero-order valence-electron chi connectivity index (χ0n) is 15.9. The molecule has 1 amide bonds. The van der Waals surface area contributed by atoms with Crippen LogP contribution in [0.2, 0.25) is 0 Å². The molecule has 0 atom stereocenters. The first-order valence-corrected chi connectivity index (χ1v) is 9.85. The minimum absolute atomic E-state index is 0.0554. The van der Waals surface area contributed by atoms with E-state index < -0.39 is 0 Å². The number of aromatic amines is 1. The fraction of sp³-hybridized carbons (Fsp3) is 0.524. The molecule has 144 valence electrons. The minimum atomic E-state index is -0.0554. The van der Waals surface area contributed by atoms with E-state index >= 15 is 0 Å². The molecule has 2 aliphatic rings. The second-order valence-electron chi connectivity index (χ2n) is 7.66. The minimum Gasteiger partial charge on any atom is -0.497 e. The van der Waals surface area contributed by atoms with Gasteiger partial charge < -0.3 is 14.6 Å². The van der Waals surface area contributed by atoms with Crippen LogP contribution in [0.25, 0.3) is 10.9 Å². The molecule has 0 spiro atoms. The summed E-state index contributed by atoms with van der Waals surface area (Å²) < 4.78 is 5.22. The summed E-state index contributed by atoms with van der Waals surface area (Å²) in [6.45, 7) is 3.77. The fourth-order valence-electron chi connectivity index (χ4n) is 4.27. The Kier molecular flexibility index (Phi) is 5.16. The largest absolute Gasteiger partial charge is 0.497 e. The predicted molar refractivity (Wildman–Crippen MR) is 105 cm³/mol. The number of benzene rings is 1. The van der Waals surface area contributed by atoms with E-state index in [0.29, 0.717) is 12.5 Å². The highest BCUT2D eigenvalue weighted by atomic mass is 16.5. The van der Waals surface area contributed by atoms with Gasteiger partial charge in [-0.2, -0.15) is 0 Å². The molecule has 1 N–H and O–H groups in total. The molecule has 1 saturated carbocycles. The number of fused-ring (bicyclic) bond motifs is 1. The Hall–Kier alpha value is -2.34. The molecule has 6 heteroatoms. The highest BCUT2D eigenvalue weighted by Gasteiger charge is 2.29. The fourth-order valence-corrected chi connectivity index (χ4v) is 4.27. The number of rotatable bonds is 4. The number of H-pyrrole nitrogens is 1. The first kappa shape index (κ1) is 18.0. The number of pyridine rings is 1. The SMILES string of the molecule is COc1ccc2cc(CN3CCN(C(=O)C4CCCC4)CC3)c(=O)[nH]c2c1. The van der Waals surface area contributed by atoms with Gasteiger partial charge in [0.2, 0.25) is 5.91 Å². The van der Waals surface area contributed by atoms with E-state index in [1.807, 2.05) is 29.2 Å². The second kappa shape index (κ2) is 7.72. The third-order valence-electron chi connectivity index (χ3n) is 5.91. The number of hydrogen-bond acceptors (Lipinski definition) is 4. The second-order valence-corrected chi connectivity index (χ2v) is 7.66. The number of piperazine rings is 1. The Labute approximate surface area is 159 Å². The quantitative estimate of drug-likeness (QED) is 0.899. The summed E-state index contributed by atoms with van der Waals surface area (Å²) in [5.41, 5.74) is 1.50. The first-order chi connectivity index (χ1) is 13.1. The van der Waals surface area contributed by atoms with Gasteiger partial charge in [-0.1, -0.05) is 12.8 Å². The van der Waals surface area contributed by atoms with Crippen molar-refractivity contribution in [3.63, 3.8) is 0 Å². The summed E-state index contributed by atoms with van der Waals surface area (Å²) in [5, 5.41) is 1.00. The number of amides is 1. The molecule has 1 aliphatic heterocycles. The van der Waals surface area contributed by atoms with Crippen LogP contribution in [-0.2, 0) is 11.3 Å². The van der Waals surface area contributed by atoms with E-state index in [-0.39, 0.29) is 11.5 Å². The lowest BCUT2D eigenvalue weighted by Crippen LogP contribution is -2.50. The highest BCUT2D eigenvalue weighted by molar-refractivity contribution is 5.80. The maximum absolute atomic E-state index is 12.6. The molecule has 1 aromatic carbocycles. The van der Waals surface area contributed by atoms with Crippen molar-refractivity contribution in [3.05, 3.63) is 40.2 Å². The Bertz CT molecular complexity index is 878. The number of methoxy groups -OCH3 is 1. The van der Waals surface area contributed by atoms with E-state index in [1.165, 1.54) is 12.8 Å². The van der Waals surface area contributed by atoms with Gasteiger partial charge >= 0.3 is 0 Å². The summed E-state index contributed by atoms with van der Waals surface area (Å²) >= 11 is 0. The molecule has 2 heterocycles. The van der Waals surface area contributed by atoms with E-state index in [4.69, 9.17) is 4.74 Å². The van der Waals surface area contributed by atoms with Crippen LogP contribution in [-0.4, -0.2) is 54.0 Å². The van der Waals surface area contributed by atoms with Crippen LogP contribution < -0.4 is 10.3 Å². The molecule has 1 saturated heterocycles. The van der Waals surface area contributed by atoms with E-state index in [0.717, 1.165) is 61.2 Å². The Morgan fingerprint density at radius 3 is 2.59 bits per heavy atom. The molecule has 0 radical (unpaired) electrons. The zero-order chi connectivity index (χ0) is 18.8. The molecule has 4 rings (SSSR count). The van der Waals surface area contributed by atoms with Crippen molar-refractivity contribution in [3.8, 4) is 5.75 Å². The van der Waals surface area contributed by atoms with E-state index in [2.05, 4.69) is 9.88 Å². The van der Waals surface area contributed by atoms with Crippen molar-refractivity contribution < 1.29 is 9.53 Å². The third kappa shape index (κ3) is 3.86. The standard InChI is InChI=1S/C21H27N3O3/c1-27-18-7-6-16-12-17(20(25)22-19(16)13-18)14-23-8-10-24(11-9-23)21(26)15-4-2-3-5-15/h6-7,12-13,15H,2-5,8-11,14H2,1H3,(H,22,25). The van der Waals surface area contributed by atoms with Crippen molar-refractivity contribution in [2.24, 2.45) is 5.92 Å². The van der Waals surface area contributed by atoms with E-state index in [9.17, 15) is 9.59 Å². The Balaban J connectivity index is 1.40. The van der Waals surface area contributed by atoms with Gasteiger partial charge in [-0.05, 0) is 36.4 Å². The molecule has 0 unspecified atom stereocenters. The highest BCUT2D eigenvalue weighted by Crippen LogP contribution is 2.27. The van der Waals surface area contributed by atoms with Gasteiger partial charge in [0, 0.05) is 50.3 Å². The molecule has 1 aliphatic carbocycles. The molecule has 6 nitrogen and oxygen atoms in total. The lowest BCUT2D eigenvalue weighted by molar-refractivity contribution is -0.137. The summed E-state index contributed by atoms with van der Waals surface area (Å²) in [6, 6.07) is 7.67. The number of nitrogens with zero attached hydrogens (tertiary/aromatic N) is 2. The van der Waals surface area contributed by atoms with Gasteiger partial charge in [0.25, 0.3) is 5.56 Å². The molecule has 1 aromatic heterocycles. The van der Waals surface area contributed by atoms with Crippen molar-refractivity contribution in [2.45, 2.75) is 32.2 Å². The number of aromatic nitrogens is 1. The topological polar surface area (TPSA) is 65.6 Å². The van der Waals surface area contributed by atoms with Crippen LogP contribution >= 0.6 is 0 Å². The van der Waals surface area contributed by atoms with Crippen LogP contribution in [0.4, 0.5) is 0 Å². The molecule has 2 aromatic rings. The van der Waals surface area contributed by atoms with Gasteiger partial charge in [-0.15, -0.1) is 0 Å². The smallest absolute Gasteiger partial charge is 0.252 e. The third-order valence-corrected chi connectivity index (χ3v) is 5.91. The van der Waals surface area contributed by atoms with Gasteiger partial charge in [0.05, 0.1) is 12.6 Å². The number of nitrogens with one attached hydrogen (secondary N) is 1. The molecule has 0 bridgehead atoms. The van der Waals surface area contributed by atoms with Crippen LogP contribution in [0.15, 0.2) is 29.1 Å². The summed E-state index contributed by atoms with van der Waals surface area (Å²) in [5.74, 6) is 1.32.